The number of rotatable bonds is 0. The molecule has 0 radical (unpaired) electrons. The Bertz CT molecular complexity index is 24.7. The summed E-state index contributed by atoms with van der Waals surface area (Å²) in [7, 11) is 0. The maximum Gasteiger partial charge on any atom is 2.00 e. The van der Waals surface area contributed by atoms with Crippen molar-refractivity contribution in [3.63, 3.8) is 0 Å². The smallest absolute Gasteiger partial charge is 1.00 e. The van der Waals surface area contributed by atoms with Crippen LogP contribution in [0.4, 0.5) is 0 Å². The molecule has 2 heteroatoms. The van der Waals surface area contributed by atoms with Gasteiger partial charge in [-0.25, -0.2) is 0 Å². The Hall–Kier alpha value is 1.25. The van der Waals surface area contributed by atoms with E-state index in [4.69, 9.17) is 0 Å². The third-order valence-electron chi connectivity index (χ3n) is 1.32. The van der Waals surface area contributed by atoms with Gasteiger partial charge in [-0.1, -0.05) is 19.3 Å². The molecule has 0 aromatic carbocycles. The summed E-state index contributed by atoms with van der Waals surface area (Å²) in [6.45, 7) is 5.00. The van der Waals surface area contributed by atoms with E-state index in [1.54, 1.807) is 6.92 Å². The van der Waals surface area contributed by atoms with E-state index in [1.807, 2.05) is 0 Å². The van der Waals surface area contributed by atoms with E-state index in [2.05, 4.69) is 13.3 Å². The van der Waals surface area contributed by atoms with Crippen molar-refractivity contribution in [3.05, 3.63) is 13.3 Å². The predicted molar refractivity (Wildman–Crippen MR) is 44.2 cm³/mol. The largest absolute Gasteiger partial charge is 2.00 e. The first-order valence-corrected chi connectivity index (χ1v) is 3.52. The van der Waals surface area contributed by atoms with Crippen LogP contribution in [-0.2, 0) is 0 Å². The summed E-state index contributed by atoms with van der Waals surface area (Å²) < 4.78 is 0. The normalized spacial score (nSPS) is 15.0. The van der Waals surface area contributed by atoms with E-state index in [0.717, 1.165) is 0 Å². The monoisotopic (exact) mass is 215 g/mol. The Labute approximate surface area is 92.1 Å². The van der Waals surface area contributed by atoms with E-state index < -0.39 is 0 Å². The second-order valence-electron chi connectivity index (χ2n) is 1.93. The molecule has 1 aliphatic carbocycles. The SMILES string of the molecule is [Br-].[CH-]1CCCCC1.[CH2-]C.[Mg+2]. The van der Waals surface area contributed by atoms with Crippen molar-refractivity contribution in [2.45, 2.75) is 39.0 Å². The van der Waals surface area contributed by atoms with Crippen LogP contribution in [0.5, 0.6) is 0 Å². The van der Waals surface area contributed by atoms with Gasteiger partial charge < -0.3 is 30.3 Å². The molecule has 0 unspecified atom stereocenters. The Morgan fingerprint density at radius 3 is 1.50 bits per heavy atom. The van der Waals surface area contributed by atoms with Crippen LogP contribution < -0.4 is 17.0 Å². The Morgan fingerprint density at radius 2 is 1.40 bits per heavy atom. The van der Waals surface area contributed by atoms with Gasteiger partial charge in [0.05, 0.1) is 0 Å². The molecule has 0 aromatic heterocycles. The molecule has 0 aromatic rings. The van der Waals surface area contributed by atoms with Crippen LogP contribution in [0.15, 0.2) is 0 Å². The predicted octanol–water partition coefficient (Wildman–Crippen LogP) is -0.382. The summed E-state index contributed by atoms with van der Waals surface area (Å²) in [5.74, 6) is 0. The molecular weight excluding hydrogens is 200 g/mol. The van der Waals surface area contributed by atoms with Gasteiger partial charge in [0.1, 0.15) is 0 Å². The minimum absolute atomic E-state index is 0. The zero-order valence-corrected chi connectivity index (χ0v) is 9.91. The van der Waals surface area contributed by atoms with Crippen molar-refractivity contribution >= 4 is 23.1 Å². The van der Waals surface area contributed by atoms with Crippen molar-refractivity contribution in [1.82, 2.24) is 0 Å². The first-order valence-electron chi connectivity index (χ1n) is 3.52. The van der Waals surface area contributed by atoms with Gasteiger partial charge in [0, 0.05) is 0 Å². The average molecular weight is 216 g/mol. The molecule has 0 nitrogen and oxygen atoms in total. The summed E-state index contributed by atoms with van der Waals surface area (Å²) >= 11 is 0. The summed E-state index contributed by atoms with van der Waals surface area (Å²) in [5, 5.41) is 0. The zero-order chi connectivity index (χ0) is 6.24. The summed E-state index contributed by atoms with van der Waals surface area (Å²) in [6.07, 6.45) is 9.50. The Balaban J connectivity index is -0.000000114. The van der Waals surface area contributed by atoms with E-state index in [0.29, 0.717) is 0 Å². The molecule has 1 saturated carbocycles. The molecule has 0 atom stereocenters. The minimum atomic E-state index is 0. The van der Waals surface area contributed by atoms with Crippen molar-refractivity contribution in [2.24, 2.45) is 0 Å². The summed E-state index contributed by atoms with van der Waals surface area (Å²) in [4.78, 5) is 0. The molecule has 10 heavy (non-hydrogen) atoms. The topological polar surface area (TPSA) is 0 Å². The van der Waals surface area contributed by atoms with Crippen LogP contribution in [0.1, 0.15) is 39.0 Å². The fourth-order valence-electron chi connectivity index (χ4n) is 0.898. The maximum absolute atomic E-state index is 3.25. The van der Waals surface area contributed by atoms with E-state index >= 15 is 0 Å². The number of hydrogen-bond donors (Lipinski definition) is 0. The Kier molecular flexibility index (Phi) is 29.0. The molecule has 0 spiro atoms. The van der Waals surface area contributed by atoms with Gasteiger partial charge in [0.25, 0.3) is 0 Å². The fourth-order valence-corrected chi connectivity index (χ4v) is 0.898. The minimum Gasteiger partial charge on any atom is -1.00 e. The van der Waals surface area contributed by atoms with Gasteiger partial charge in [-0.2, -0.15) is 19.8 Å². The van der Waals surface area contributed by atoms with Crippen LogP contribution in [0, 0.1) is 13.3 Å². The first kappa shape index (κ1) is 17.4. The van der Waals surface area contributed by atoms with Gasteiger partial charge >= 0.3 is 23.1 Å². The molecule has 0 saturated heterocycles. The summed E-state index contributed by atoms with van der Waals surface area (Å²) in [5.41, 5.74) is 0. The van der Waals surface area contributed by atoms with Crippen LogP contribution in [0.2, 0.25) is 0 Å². The molecule has 0 N–H and O–H groups in total. The number of halogens is 1. The molecule has 0 bridgehead atoms. The number of hydrogen-bond acceptors (Lipinski definition) is 0. The third kappa shape index (κ3) is 12.0. The molecule has 1 aliphatic rings. The standard InChI is InChI=1S/C6H11.C2H5.BrH.Mg/c1-2-4-6-5-3-1;1-2;;/h1H,2-6H2;1H2,2H3;1H;/q2*-1;;+2/p-1. The molecule has 1 fully saturated rings. The van der Waals surface area contributed by atoms with Gasteiger partial charge in [0.2, 0.25) is 0 Å². The fraction of sp³-hybridized carbons (Fsp3) is 0.750. The molecular formula is C8H16BrMg-. The maximum atomic E-state index is 3.25. The average Bonchev–Trinajstić information content (AvgIpc) is 1.96. The second-order valence-corrected chi connectivity index (χ2v) is 1.93. The Morgan fingerprint density at radius 1 is 1.00 bits per heavy atom. The van der Waals surface area contributed by atoms with Crippen LogP contribution >= 0.6 is 0 Å². The summed E-state index contributed by atoms with van der Waals surface area (Å²) in [6, 6.07) is 0. The van der Waals surface area contributed by atoms with E-state index in [9.17, 15) is 0 Å². The van der Waals surface area contributed by atoms with Gasteiger partial charge in [-0.05, 0) is 0 Å². The third-order valence-corrected chi connectivity index (χ3v) is 1.32. The quantitative estimate of drug-likeness (QED) is 0.382. The second kappa shape index (κ2) is 16.7. The van der Waals surface area contributed by atoms with Crippen LogP contribution in [0.25, 0.3) is 0 Å². The molecule has 58 valence electrons. The van der Waals surface area contributed by atoms with Crippen molar-refractivity contribution < 1.29 is 17.0 Å². The van der Waals surface area contributed by atoms with Gasteiger partial charge in [-0.15, -0.1) is 0 Å². The molecule has 1 rings (SSSR count). The van der Waals surface area contributed by atoms with Crippen LogP contribution in [-0.4, -0.2) is 23.1 Å². The van der Waals surface area contributed by atoms with Gasteiger partial charge in [-0.3, -0.25) is 0 Å². The first-order chi connectivity index (χ1) is 4.00. The zero-order valence-electron chi connectivity index (χ0n) is 6.91. The molecule has 0 aliphatic heterocycles. The van der Waals surface area contributed by atoms with Crippen LogP contribution in [0.3, 0.4) is 0 Å². The molecule has 0 amide bonds. The van der Waals surface area contributed by atoms with E-state index in [1.165, 1.54) is 32.1 Å². The van der Waals surface area contributed by atoms with E-state index in [-0.39, 0.29) is 40.0 Å². The van der Waals surface area contributed by atoms with Gasteiger partial charge in [0.15, 0.2) is 0 Å². The molecule has 0 heterocycles. The van der Waals surface area contributed by atoms with Crippen molar-refractivity contribution in [2.75, 3.05) is 0 Å². The van der Waals surface area contributed by atoms with Crippen molar-refractivity contribution in [1.29, 1.82) is 0 Å². The van der Waals surface area contributed by atoms with Crippen molar-refractivity contribution in [3.8, 4) is 0 Å².